The van der Waals surface area contributed by atoms with Crippen molar-refractivity contribution in [3.05, 3.63) is 71.8 Å². The molecule has 0 aromatic heterocycles. The van der Waals surface area contributed by atoms with Crippen molar-refractivity contribution in [2.24, 2.45) is 0 Å². The zero-order valence-electron chi connectivity index (χ0n) is 13.3. The Bertz CT molecular complexity index is 616. The molecule has 126 valence electrons. The maximum atomic E-state index is 11.7. The summed E-state index contributed by atoms with van der Waals surface area (Å²) in [4.78, 5) is 24.4. The smallest absolute Gasteiger partial charge is 0.320 e. The van der Waals surface area contributed by atoms with Crippen LogP contribution in [0.3, 0.4) is 0 Å². The van der Waals surface area contributed by atoms with Gasteiger partial charge in [-0.05, 0) is 17.5 Å². The highest BCUT2D eigenvalue weighted by Gasteiger charge is 2.26. The van der Waals surface area contributed by atoms with Crippen molar-refractivity contribution >= 4 is 11.9 Å². The molecular weight excluding hydrogens is 306 g/mol. The van der Waals surface area contributed by atoms with Crippen LogP contribution in [0.4, 0.5) is 0 Å². The highest BCUT2D eigenvalue weighted by atomic mass is 16.4. The predicted octanol–water partition coefficient (Wildman–Crippen LogP) is 3.01. The molecule has 0 fully saturated rings. The summed E-state index contributed by atoms with van der Waals surface area (Å²) in [5, 5.41) is 18.5. The summed E-state index contributed by atoms with van der Waals surface area (Å²) in [6.45, 7) is 0.901. The monoisotopic (exact) mass is 327 g/mol. The summed E-state index contributed by atoms with van der Waals surface area (Å²) in [5.41, 5.74) is 1.99. The molecule has 24 heavy (non-hydrogen) atoms. The zero-order chi connectivity index (χ0) is 17.4. The van der Waals surface area contributed by atoms with Gasteiger partial charge in [-0.1, -0.05) is 60.7 Å². The Morgan fingerprint density at radius 2 is 1.29 bits per heavy atom. The number of rotatable bonds is 9. The first kappa shape index (κ1) is 17.7. The van der Waals surface area contributed by atoms with E-state index < -0.39 is 18.0 Å². The van der Waals surface area contributed by atoms with Crippen LogP contribution in [0.25, 0.3) is 0 Å². The minimum atomic E-state index is -0.997. The largest absolute Gasteiger partial charge is 0.481 e. The molecular formula is C19H21NO4. The second-order valence-electron chi connectivity index (χ2n) is 5.66. The van der Waals surface area contributed by atoms with Gasteiger partial charge in [-0.2, -0.15) is 0 Å². The van der Waals surface area contributed by atoms with E-state index in [1.165, 1.54) is 0 Å². The van der Waals surface area contributed by atoms with Gasteiger partial charge in [-0.3, -0.25) is 14.5 Å². The van der Waals surface area contributed by atoms with Crippen molar-refractivity contribution in [3.8, 4) is 0 Å². The van der Waals surface area contributed by atoms with Gasteiger partial charge < -0.3 is 10.2 Å². The number of carboxylic acid groups (broad SMARTS) is 2. The van der Waals surface area contributed by atoms with Gasteiger partial charge in [0.1, 0.15) is 6.04 Å². The second-order valence-corrected chi connectivity index (χ2v) is 5.66. The van der Waals surface area contributed by atoms with Crippen LogP contribution >= 0.6 is 0 Å². The van der Waals surface area contributed by atoms with Gasteiger partial charge in [0.15, 0.2) is 0 Å². The average molecular weight is 327 g/mol. The zero-order valence-corrected chi connectivity index (χ0v) is 13.3. The van der Waals surface area contributed by atoms with Gasteiger partial charge >= 0.3 is 11.9 Å². The van der Waals surface area contributed by atoms with Crippen molar-refractivity contribution in [1.29, 1.82) is 0 Å². The Morgan fingerprint density at radius 1 is 0.833 bits per heavy atom. The lowest BCUT2D eigenvalue weighted by molar-refractivity contribution is -0.145. The van der Waals surface area contributed by atoms with Crippen LogP contribution < -0.4 is 0 Å². The number of hydrogen-bond acceptors (Lipinski definition) is 3. The minimum Gasteiger partial charge on any atom is -0.481 e. The fourth-order valence-electron chi connectivity index (χ4n) is 2.63. The third-order valence-electron chi connectivity index (χ3n) is 3.81. The molecule has 0 radical (unpaired) electrons. The summed E-state index contributed by atoms with van der Waals surface area (Å²) in [6.07, 6.45) is -0.0959. The number of carbonyl (C=O) groups is 2. The topological polar surface area (TPSA) is 77.8 Å². The molecule has 0 saturated carbocycles. The number of carboxylic acids is 2. The Morgan fingerprint density at radius 3 is 1.67 bits per heavy atom. The fourth-order valence-corrected chi connectivity index (χ4v) is 2.63. The highest BCUT2D eigenvalue weighted by Crippen LogP contribution is 2.17. The SMILES string of the molecule is O=C(O)CCC(C(=O)O)N(Cc1ccccc1)Cc1ccccc1. The van der Waals surface area contributed by atoms with E-state index in [2.05, 4.69) is 0 Å². The molecule has 0 amide bonds. The standard InChI is InChI=1S/C19H21NO4/c21-18(22)12-11-17(19(23)24)20(13-15-7-3-1-4-8-15)14-16-9-5-2-6-10-16/h1-10,17H,11-14H2,(H,21,22)(H,23,24). The van der Waals surface area contributed by atoms with Gasteiger partial charge in [0.05, 0.1) is 0 Å². The summed E-state index contributed by atoms with van der Waals surface area (Å²) < 4.78 is 0. The van der Waals surface area contributed by atoms with E-state index >= 15 is 0 Å². The Labute approximate surface area is 141 Å². The quantitative estimate of drug-likeness (QED) is 0.740. The normalized spacial score (nSPS) is 12.0. The molecule has 2 N–H and O–H groups in total. The minimum absolute atomic E-state index is 0.0737. The van der Waals surface area contributed by atoms with Gasteiger partial charge in [0.2, 0.25) is 0 Å². The fraction of sp³-hybridized carbons (Fsp3) is 0.263. The molecule has 0 spiro atoms. The molecule has 5 heteroatoms. The van der Waals surface area contributed by atoms with Crippen molar-refractivity contribution in [2.75, 3.05) is 0 Å². The van der Waals surface area contributed by atoms with Crippen LogP contribution in [0, 0.1) is 0 Å². The van der Waals surface area contributed by atoms with Crippen LogP contribution in [0.5, 0.6) is 0 Å². The molecule has 0 saturated heterocycles. The highest BCUT2D eigenvalue weighted by molar-refractivity contribution is 5.75. The first-order valence-corrected chi connectivity index (χ1v) is 7.83. The number of hydrogen-bond donors (Lipinski definition) is 2. The van der Waals surface area contributed by atoms with Crippen LogP contribution in [-0.4, -0.2) is 33.1 Å². The molecule has 1 unspecified atom stereocenters. The lowest BCUT2D eigenvalue weighted by atomic mass is 10.1. The third-order valence-corrected chi connectivity index (χ3v) is 3.81. The first-order chi connectivity index (χ1) is 11.6. The van der Waals surface area contributed by atoms with Crippen molar-refractivity contribution in [1.82, 2.24) is 4.90 Å². The predicted molar refractivity (Wildman–Crippen MR) is 90.4 cm³/mol. The Hall–Kier alpha value is -2.66. The number of benzene rings is 2. The number of nitrogens with zero attached hydrogens (tertiary/aromatic N) is 1. The molecule has 0 aliphatic rings. The van der Waals surface area contributed by atoms with Gasteiger partial charge in [-0.15, -0.1) is 0 Å². The van der Waals surface area contributed by atoms with E-state index in [0.29, 0.717) is 13.1 Å². The van der Waals surface area contributed by atoms with E-state index in [1.54, 1.807) is 0 Å². The lowest BCUT2D eigenvalue weighted by Crippen LogP contribution is -2.40. The summed E-state index contributed by atoms with van der Waals surface area (Å²) in [5.74, 6) is -1.98. The van der Waals surface area contributed by atoms with E-state index in [0.717, 1.165) is 11.1 Å². The van der Waals surface area contributed by atoms with Crippen LogP contribution in [0.1, 0.15) is 24.0 Å². The Balaban J connectivity index is 2.21. The molecule has 0 aliphatic carbocycles. The second kappa shape index (κ2) is 8.84. The van der Waals surface area contributed by atoms with Crippen molar-refractivity contribution < 1.29 is 19.8 Å². The first-order valence-electron chi connectivity index (χ1n) is 7.83. The van der Waals surface area contributed by atoms with Crippen LogP contribution in [0.15, 0.2) is 60.7 Å². The maximum absolute atomic E-state index is 11.7. The molecule has 0 aliphatic heterocycles. The average Bonchev–Trinajstić information content (AvgIpc) is 2.56. The maximum Gasteiger partial charge on any atom is 0.320 e. The molecule has 5 nitrogen and oxygen atoms in total. The molecule has 1 atom stereocenters. The molecule has 0 heterocycles. The Kier molecular flexibility index (Phi) is 6.51. The van der Waals surface area contributed by atoms with Gasteiger partial charge in [0, 0.05) is 19.5 Å². The molecule has 2 aromatic carbocycles. The van der Waals surface area contributed by atoms with E-state index in [-0.39, 0.29) is 12.8 Å². The number of aliphatic carboxylic acids is 2. The summed E-state index contributed by atoms with van der Waals surface area (Å²) in [7, 11) is 0. The van der Waals surface area contributed by atoms with Gasteiger partial charge in [0.25, 0.3) is 0 Å². The molecule has 0 bridgehead atoms. The van der Waals surface area contributed by atoms with Crippen LogP contribution in [0.2, 0.25) is 0 Å². The van der Waals surface area contributed by atoms with E-state index in [1.807, 2.05) is 65.6 Å². The third kappa shape index (κ3) is 5.52. The van der Waals surface area contributed by atoms with E-state index in [4.69, 9.17) is 5.11 Å². The van der Waals surface area contributed by atoms with Crippen molar-refractivity contribution in [3.63, 3.8) is 0 Å². The van der Waals surface area contributed by atoms with Crippen molar-refractivity contribution in [2.45, 2.75) is 32.0 Å². The molecule has 2 aromatic rings. The summed E-state index contributed by atoms with van der Waals surface area (Å²) >= 11 is 0. The van der Waals surface area contributed by atoms with Crippen LogP contribution in [-0.2, 0) is 22.7 Å². The lowest BCUT2D eigenvalue weighted by Gasteiger charge is -2.29. The summed E-state index contributed by atoms with van der Waals surface area (Å²) in [6, 6.07) is 18.3. The van der Waals surface area contributed by atoms with E-state index in [9.17, 15) is 14.7 Å². The molecule has 2 rings (SSSR count). The van der Waals surface area contributed by atoms with Gasteiger partial charge in [-0.25, -0.2) is 0 Å².